The number of fused-ring (bicyclic) bond motifs is 1. The number of hydrogen-bond acceptors (Lipinski definition) is 4. The van der Waals surface area contributed by atoms with Crippen LogP contribution in [0.3, 0.4) is 0 Å². The third kappa shape index (κ3) is 2.51. The summed E-state index contributed by atoms with van der Waals surface area (Å²) in [4.78, 5) is 15.1. The summed E-state index contributed by atoms with van der Waals surface area (Å²) in [7, 11) is 0. The number of pyridine rings is 1. The second kappa shape index (κ2) is 4.76. The van der Waals surface area contributed by atoms with Crippen LogP contribution in [0.4, 0.5) is 0 Å². The van der Waals surface area contributed by atoms with Crippen LogP contribution < -0.4 is 0 Å². The Bertz CT molecular complexity index is 774. The van der Waals surface area contributed by atoms with Gasteiger partial charge in [0, 0.05) is 18.6 Å². The van der Waals surface area contributed by atoms with E-state index in [1.165, 1.54) is 0 Å². The van der Waals surface area contributed by atoms with Crippen molar-refractivity contribution < 1.29 is 9.90 Å². The van der Waals surface area contributed by atoms with E-state index in [0.29, 0.717) is 12.2 Å². The monoisotopic (exact) mass is 271 g/mol. The number of carboxylic acid groups (broad SMARTS) is 1. The summed E-state index contributed by atoms with van der Waals surface area (Å²) in [5.41, 5.74) is 3.32. The number of aliphatic carboxylic acids is 1. The maximum Gasteiger partial charge on any atom is 0.309 e. The van der Waals surface area contributed by atoms with Crippen LogP contribution in [0.25, 0.3) is 5.65 Å². The lowest BCUT2D eigenvalue weighted by Gasteiger charge is -1.94. The first-order chi connectivity index (χ1) is 9.60. The van der Waals surface area contributed by atoms with Gasteiger partial charge in [-0.3, -0.25) is 4.79 Å². The third-order valence-corrected chi connectivity index (χ3v) is 2.89. The number of carbonyl (C=O) groups is 1. The van der Waals surface area contributed by atoms with Crippen LogP contribution >= 0.6 is 0 Å². The highest BCUT2D eigenvalue weighted by atomic mass is 16.4. The van der Waals surface area contributed by atoms with Gasteiger partial charge in [0.15, 0.2) is 0 Å². The molecule has 0 saturated carbocycles. The summed E-state index contributed by atoms with van der Waals surface area (Å²) in [6.45, 7) is 2.49. The lowest BCUT2D eigenvalue weighted by molar-refractivity contribution is -0.136. The third-order valence-electron chi connectivity index (χ3n) is 2.89. The molecule has 0 unspecified atom stereocenters. The summed E-state index contributed by atoms with van der Waals surface area (Å²) in [5.74, 6) is -0.916. The minimum Gasteiger partial charge on any atom is -0.481 e. The van der Waals surface area contributed by atoms with Crippen molar-refractivity contribution in [1.82, 2.24) is 24.4 Å². The number of imidazole rings is 1. The molecule has 0 aromatic carbocycles. The van der Waals surface area contributed by atoms with Gasteiger partial charge in [0.05, 0.1) is 24.4 Å². The van der Waals surface area contributed by atoms with Crippen LogP contribution in [0.5, 0.6) is 0 Å². The molecule has 0 bridgehead atoms. The minimum absolute atomic E-state index is 0.121. The Morgan fingerprint density at radius 1 is 1.25 bits per heavy atom. The van der Waals surface area contributed by atoms with Gasteiger partial charge >= 0.3 is 5.97 Å². The Morgan fingerprint density at radius 3 is 2.90 bits per heavy atom. The molecule has 7 nitrogen and oxygen atoms in total. The van der Waals surface area contributed by atoms with Crippen LogP contribution in [0.1, 0.15) is 17.0 Å². The SMILES string of the molecule is Cc1ccc2nc(Cn3cc(CC(=O)O)nn3)cn2c1. The van der Waals surface area contributed by atoms with Crippen molar-refractivity contribution in [2.75, 3.05) is 0 Å². The molecule has 0 radical (unpaired) electrons. The van der Waals surface area contributed by atoms with Gasteiger partial charge in [-0.15, -0.1) is 5.10 Å². The summed E-state index contributed by atoms with van der Waals surface area (Å²) < 4.78 is 3.55. The van der Waals surface area contributed by atoms with Crippen molar-refractivity contribution in [3.05, 3.63) is 47.7 Å². The van der Waals surface area contributed by atoms with Crippen LogP contribution in [0.15, 0.2) is 30.7 Å². The molecule has 0 spiro atoms. The number of rotatable bonds is 4. The number of nitrogens with zero attached hydrogens (tertiary/aromatic N) is 5. The largest absolute Gasteiger partial charge is 0.481 e. The zero-order chi connectivity index (χ0) is 14.1. The normalized spacial score (nSPS) is 11.1. The molecule has 0 saturated heterocycles. The van der Waals surface area contributed by atoms with E-state index in [1.54, 1.807) is 10.9 Å². The first-order valence-electron chi connectivity index (χ1n) is 6.15. The average Bonchev–Trinajstić information content (AvgIpc) is 2.95. The Balaban J connectivity index is 1.81. The molecule has 0 amide bonds. The van der Waals surface area contributed by atoms with E-state index < -0.39 is 5.97 Å². The molecule has 3 aromatic heterocycles. The number of aromatic nitrogens is 5. The highest BCUT2D eigenvalue weighted by Gasteiger charge is 2.07. The van der Waals surface area contributed by atoms with Crippen LogP contribution in [0, 0.1) is 6.92 Å². The molecule has 7 heteroatoms. The zero-order valence-corrected chi connectivity index (χ0v) is 10.9. The Hall–Kier alpha value is -2.70. The van der Waals surface area contributed by atoms with E-state index >= 15 is 0 Å². The molecule has 3 heterocycles. The minimum atomic E-state index is -0.916. The van der Waals surface area contributed by atoms with Crippen molar-refractivity contribution in [3.8, 4) is 0 Å². The Kier molecular flexibility index (Phi) is 2.94. The first-order valence-corrected chi connectivity index (χ1v) is 6.15. The maximum absolute atomic E-state index is 10.6. The van der Waals surface area contributed by atoms with Crippen LogP contribution in [0.2, 0.25) is 0 Å². The molecule has 3 aromatic rings. The Labute approximate surface area is 114 Å². The van der Waals surface area contributed by atoms with Gasteiger partial charge in [-0.1, -0.05) is 11.3 Å². The average molecular weight is 271 g/mol. The van der Waals surface area contributed by atoms with Gasteiger partial charge in [-0.25, -0.2) is 9.67 Å². The predicted octanol–water partition coefficient (Wildman–Crippen LogP) is 0.910. The fraction of sp³-hybridized carbons (Fsp3) is 0.231. The summed E-state index contributed by atoms with van der Waals surface area (Å²) in [5, 5.41) is 16.4. The molecule has 0 aliphatic carbocycles. The van der Waals surface area contributed by atoms with Gasteiger partial charge in [-0.2, -0.15) is 0 Å². The van der Waals surface area contributed by atoms with Gasteiger partial charge in [0.1, 0.15) is 5.65 Å². The summed E-state index contributed by atoms with van der Waals surface area (Å²) in [6, 6.07) is 3.96. The number of hydrogen-bond donors (Lipinski definition) is 1. The quantitative estimate of drug-likeness (QED) is 0.762. The Morgan fingerprint density at radius 2 is 2.10 bits per heavy atom. The van der Waals surface area contributed by atoms with Crippen LogP contribution in [-0.2, 0) is 17.8 Å². The van der Waals surface area contributed by atoms with Crippen LogP contribution in [-0.4, -0.2) is 35.5 Å². The fourth-order valence-electron chi connectivity index (χ4n) is 2.05. The molecule has 3 rings (SSSR count). The van der Waals surface area contributed by atoms with Crippen molar-refractivity contribution in [3.63, 3.8) is 0 Å². The summed E-state index contributed by atoms with van der Waals surface area (Å²) >= 11 is 0. The molecule has 0 aliphatic rings. The van der Waals surface area contributed by atoms with E-state index in [4.69, 9.17) is 5.11 Å². The van der Waals surface area contributed by atoms with E-state index in [1.807, 2.05) is 35.9 Å². The number of aryl methyl sites for hydroxylation is 1. The first kappa shape index (κ1) is 12.3. The molecule has 102 valence electrons. The highest BCUT2D eigenvalue weighted by molar-refractivity contribution is 5.69. The second-order valence-electron chi connectivity index (χ2n) is 4.68. The van der Waals surface area contributed by atoms with Gasteiger partial charge in [-0.05, 0) is 18.6 Å². The van der Waals surface area contributed by atoms with E-state index in [2.05, 4.69) is 15.3 Å². The standard InChI is InChI=1S/C13H13N5O2/c1-9-2-3-12-14-11(6-17(12)5-9)8-18-7-10(15-16-18)4-13(19)20/h2-3,5-7H,4,8H2,1H3,(H,19,20). The number of carboxylic acids is 1. The molecule has 0 fully saturated rings. The van der Waals surface area contributed by atoms with Crippen molar-refractivity contribution in [2.24, 2.45) is 0 Å². The molecule has 0 aliphatic heterocycles. The van der Waals surface area contributed by atoms with Gasteiger partial charge < -0.3 is 9.51 Å². The van der Waals surface area contributed by atoms with Crippen molar-refractivity contribution in [2.45, 2.75) is 19.9 Å². The molecular weight excluding hydrogens is 258 g/mol. The zero-order valence-electron chi connectivity index (χ0n) is 10.9. The molecular formula is C13H13N5O2. The lowest BCUT2D eigenvalue weighted by Crippen LogP contribution is -2.01. The van der Waals surface area contributed by atoms with E-state index in [0.717, 1.165) is 16.9 Å². The smallest absolute Gasteiger partial charge is 0.309 e. The predicted molar refractivity (Wildman–Crippen MR) is 70.4 cm³/mol. The van der Waals surface area contributed by atoms with Crippen molar-refractivity contribution >= 4 is 11.6 Å². The second-order valence-corrected chi connectivity index (χ2v) is 4.68. The van der Waals surface area contributed by atoms with Gasteiger partial charge in [0.2, 0.25) is 0 Å². The van der Waals surface area contributed by atoms with Crippen molar-refractivity contribution in [1.29, 1.82) is 0 Å². The van der Waals surface area contributed by atoms with E-state index in [-0.39, 0.29) is 6.42 Å². The lowest BCUT2D eigenvalue weighted by atomic mass is 10.3. The maximum atomic E-state index is 10.6. The molecule has 0 atom stereocenters. The van der Waals surface area contributed by atoms with Gasteiger partial charge in [0.25, 0.3) is 0 Å². The topological polar surface area (TPSA) is 85.3 Å². The van der Waals surface area contributed by atoms with E-state index in [9.17, 15) is 4.79 Å². The summed E-state index contributed by atoms with van der Waals surface area (Å²) in [6.07, 6.45) is 5.44. The molecule has 1 N–H and O–H groups in total. The fourth-order valence-corrected chi connectivity index (χ4v) is 2.05. The highest BCUT2D eigenvalue weighted by Crippen LogP contribution is 2.08. The molecule has 20 heavy (non-hydrogen) atoms.